The number of hydrogen-bond acceptors (Lipinski definition) is 8. The molecule has 0 aliphatic rings. The third-order valence-corrected chi connectivity index (χ3v) is 4.73. The lowest BCUT2D eigenvalue weighted by Crippen LogP contribution is -1.95. The van der Waals surface area contributed by atoms with Crippen LogP contribution in [0.15, 0.2) is 52.5 Å². The van der Waals surface area contributed by atoms with Crippen molar-refractivity contribution in [1.82, 2.24) is 34.9 Å². The van der Waals surface area contributed by atoms with Gasteiger partial charge in [0, 0.05) is 42.5 Å². The van der Waals surface area contributed by atoms with Gasteiger partial charge in [-0.3, -0.25) is 9.97 Å². The Labute approximate surface area is 153 Å². The van der Waals surface area contributed by atoms with Crippen LogP contribution in [-0.2, 0) is 12.8 Å². The van der Waals surface area contributed by atoms with Gasteiger partial charge in [0.05, 0.1) is 5.75 Å². The molecule has 0 saturated heterocycles. The molecule has 0 unspecified atom stereocenters. The van der Waals surface area contributed by atoms with Crippen molar-refractivity contribution in [3.05, 3.63) is 54.4 Å². The van der Waals surface area contributed by atoms with E-state index in [-0.39, 0.29) is 0 Å². The number of pyridine rings is 2. The number of rotatable bonds is 5. The molecule has 8 nitrogen and oxygen atoms in total. The molecule has 4 aromatic heterocycles. The van der Waals surface area contributed by atoms with E-state index in [1.165, 1.54) is 11.8 Å². The van der Waals surface area contributed by atoms with Gasteiger partial charge in [-0.2, -0.15) is 4.98 Å². The van der Waals surface area contributed by atoms with Crippen molar-refractivity contribution in [2.45, 2.75) is 17.8 Å². The maximum Gasteiger partial charge on any atom is 0.258 e. The Kier molecular flexibility index (Phi) is 4.44. The third-order valence-electron chi connectivity index (χ3n) is 3.72. The monoisotopic (exact) mass is 365 g/mol. The zero-order chi connectivity index (χ0) is 17.9. The van der Waals surface area contributed by atoms with Crippen molar-refractivity contribution in [3.8, 4) is 22.8 Å². The second kappa shape index (κ2) is 7.04. The highest BCUT2D eigenvalue weighted by Crippen LogP contribution is 2.25. The predicted octanol–water partition coefficient (Wildman–Crippen LogP) is 2.92. The largest absolute Gasteiger partial charge is 0.334 e. The van der Waals surface area contributed by atoms with Crippen LogP contribution in [0.5, 0.6) is 0 Å². The van der Waals surface area contributed by atoms with Crippen LogP contribution in [0.2, 0.25) is 0 Å². The fraction of sp³-hybridized carbons (Fsp3) is 0.176. The Bertz CT molecular complexity index is 1030. The molecule has 0 aromatic carbocycles. The molecule has 4 aromatic rings. The van der Waals surface area contributed by atoms with Crippen molar-refractivity contribution in [3.63, 3.8) is 0 Å². The van der Waals surface area contributed by atoms with Gasteiger partial charge in [-0.25, -0.2) is 0 Å². The van der Waals surface area contributed by atoms with Crippen molar-refractivity contribution in [2.24, 2.45) is 7.05 Å². The van der Waals surface area contributed by atoms with Crippen LogP contribution in [0.4, 0.5) is 0 Å². The van der Waals surface area contributed by atoms with Crippen molar-refractivity contribution in [1.29, 1.82) is 0 Å². The van der Waals surface area contributed by atoms with Gasteiger partial charge in [0.1, 0.15) is 0 Å². The Morgan fingerprint density at radius 1 is 1.08 bits per heavy atom. The second-order valence-corrected chi connectivity index (χ2v) is 6.53. The number of nitrogens with zero attached hydrogens (tertiary/aromatic N) is 7. The second-order valence-electron chi connectivity index (χ2n) is 5.59. The predicted molar refractivity (Wildman–Crippen MR) is 96.1 cm³/mol. The summed E-state index contributed by atoms with van der Waals surface area (Å²) in [6, 6.07) is 7.57. The molecule has 4 heterocycles. The average molecular weight is 365 g/mol. The highest BCUT2D eigenvalue weighted by atomic mass is 32.2. The molecule has 0 aliphatic carbocycles. The number of aromatic nitrogens is 7. The van der Waals surface area contributed by atoms with E-state index >= 15 is 0 Å². The van der Waals surface area contributed by atoms with E-state index in [4.69, 9.17) is 4.52 Å². The Morgan fingerprint density at radius 2 is 1.88 bits per heavy atom. The molecule has 130 valence electrons. The molecule has 0 N–H and O–H groups in total. The maximum atomic E-state index is 5.35. The summed E-state index contributed by atoms with van der Waals surface area (Å²) in [5.41, 5.74) is 2.73. The molecule has 0 radical (unpaired) electrons. The quantitative estimate of drug-likeness (QED) is 0.498. The summed E-state index contributed by atoms with van der Waals surface area (Å²) in [5, 5.41) is 13.3. The number of hydrogen-bond donors (Lipinski definition) is 0. The highest BCUT2D eigenvalue weighted by Gasteiger charge is 2.14. The van der Waals surface area contributed by atoms with Crippen LogP contribution in [0.3, 0.4) is 0 Å². The zero-order valence-corrected chi connectivity index (χ0v) is 15.0. The van der Waals surface area contributed by atoms with Gasteiger partial charge in [0.15, 0.2) is 16.8 Å². The first-order valence-electron chi connectivity index (χ1n) is 7.89. The van der Waals surface area contributed by atoms with Gasteiger partial charge in [0.2, 0.25) is 0 Å². The van der Waals surface area contributed by atoms with E-state index in [0.29, 0.717) is 17.5 Å². The lowest BCUT2D eigenvalue weighted by atomic mass is 10.2. The van der Waals surface area contributed by atoms with Crippen molar-refractivity contribution >= 4 is 11.8 Å². The smallest absolute Gasteiger partial charge is 0.258 e. The molecule has 0 saturated carbocycles. The Hall–Kier alpha value is -3.07. The Balaban J connectivity index is 1.48. The van der Waals surface area contributed by atoms with Crippen LogP contribution < -0.4 is 0 Å². The summed E-state index contributed by atoms with van der Waals surface area (Å²) in [6.45, 7) is 1.92. The van der Waals surface area contributed by atoms with E-state index in [0.717, 1.165) is 27.8 Å². The summed E-state index contributed by atoms with van der Waals surface area (Å²) in [4.78, 5) is 12.6. The summed E-state index contributed by atoms with van der Waals surface area (Å²) < 4.78 is 7.28. The molecule has 4 rings (SSSR count). The molecule has 0 spiro atoms. The minimum atomic E-state index is 0.488. The normalized spacial score (nSPS) is 11.0. The molecular weight excluding hydrogens is 350 g/mol. The van der Waals surface area contributed by atoms with E-state index in [9.17, 15) is 0 Å². The van der Waals surface area contributed by atoms with Gasteiger partial charge in [-0.05, 0) is 31.2 Å². The standard InChI is InChI=1S/C17H15N7OS/c1-11-9-13(5-8-19-11)16-20-14(23-25-16)10-26-17-22-21-15(24(17)2)12-3-6-18-7-4-12/h3-9H,10H2,1-2H3. The molecule has 9 heteroatoms. The van der Waals surface area contributed by atoms with Crippen LogP contribution >= 0.6 is 11.8 Å². The minimum Gasteiger partial charge on any atom is -0.334 e. The molecule has 0 bridgehead atoms. The molecular formula is C17H15N7OS. The molecule has 0 fully saturated rings. The highest BCUT2D eigenvalue weighted by molar-refractivity contribution is 7.98. The fourth-order valence-electron chi connectivity index (χ4n) is 2.43. The van der Waals surface area contributed by atoms with Gasteiger partial charge >= 0.3 is 0 Å². The number of aryl methyl sites for hydroxylation is 1. The van der Waals surface area contributed by atoms with Crippen LogP contribution in [0.1, 0.15) is 11.5 Å². The van der Waals surface area contributed by atoms with Crippen molar-refractivity contribution in [2.75, 3.05) is 0 Å². The SMILES string of the molecule is Cc1cc(-c2nc(CSc3nnc(-c4ccncc4)n3C)no2)ccn1. The topological polar surface area (TPSA) is 95.4 Å². The van der Waals surface area contributed by atoms with Crippen LogP contribution in [0.25, 0.3) is 22.8 Å². The molecule has 26 heavy (non-hydrogen) atoms. The summed E-state index contributed by atoms with van der Waals surface area (Å²) in [6.07, 6.45) is 5.19. The zero-order valence-electron chi connectivity index (χ0n) is 14.2. The van der Waals surface area contributed by atoms with Crippen LogP contribution in [-0.4, -0.2) is 34.9 Å². The molecule has 0 atom stereocenters. The average Bonchev–Trinajstić information content (AvgIpc) is 3.28. The number of thioether (sulfide) groups is 1. The lowest BCUT2D eigenvalue weighted by Gasteiger charge is -2.02. The van der Waals surface area contributed by atoms with Crippen molar-refractivity contribution < 1.29 is 4.52 Å². The Morgan fingerprint density at radius 3 is 2.69 bits per heavy atom. The van der Waals surface area contributed by atoms with E-state index in [1.807, 2.05) is 42.8 Å². The first-order valence-corrected chi connectivity index (χ1v) is 8.87. The summed E-state index contributed by atoms with van der Waals surface area (Å²) >= 11 is 1.50. The third kappa shape index (κ3) is 3.33. The van der Waals surface area contributed by atoms with E-state index in [1.54, 1.807) is 18.6 Å². The maximum absolute atomic E-state index is 5.35. The van der Waals surface area contributed by atoms with Gasteiger partial charge < -0.3 is 9.09 Å². The van der Waals surface area contributed by atoms with E-state index in [2.05, 4.69) is 30.3 Å². The first kappa shape index (κ1) is 16.4. The van der Waals surface area contributed by atoms with Gasteiger partial charge in [-0.15, -0.1) is 10.2 Å². The lowest BCUT2D eigenvalue weighted by molar-refractivity contribution is 0.425. The summed E-state index contributed by atoms with van der Waals surface area (Å²) in [7, 11) is 1.93. The fourth-order valence-corrected chi connectivity index (χ4v) is 3.18. The van der Waals surface area contributed by atoms with E-state index < -0.39 is 0 Å². The van der Waals surface area contributed by atoms with Gasteiger partial charge in [0.25, 0.3) is 5.89 Å². The van der Waals surface area contributed by atoms with Crippen LogP contribution in [0, 0.1) is 6.92 Å². The van der Waals surface area contributed by atoms with Gasteiger partial charge in [-0.1, -0.05) is 16.9 Å². The molecule has 0 amide bonds. The first-order chi connectivity index (χ1) is 12.7. The minimum absolute atomic E-state index is 0.488. The molecule has 0 aliphatic heterocycles. The summed E-state index contributed by atoms with van der Waals surface area (Å²) in [5.74, 6) is 2.42.